The van der Waals surface area contributed by atoms with E-state index in [9.17, 15) is 5.11 Å². The lowest BCUT2D eigenvalue weighted by Gasteiger charge is -2.26. The minimum Gasteiger partial charge on any atom is -0.380 e. The number of aromatic amines is 1. The van der Waals surface area contributed by atoms with Gasteiger partial charge in [0.05, 0.1) is 29.3 Å². The van der Waals surface area contributed by atoms with E-state index in [1.165, 1.54) is 0 Å². The predicted octanol–water partition coefficient (Wildman–Crippen LogP) is 1.64. The molecule has 4 rings (SSSR count). The van der Waals surface area contributed by atoms with Crippen molar-refractivity contribution in [3.05, 3.63) is 52.9 Å². The van der Waals surface area contributed by atoms with Gasteiger partial charge in [-0.1, -0.05) is 13.8 Å². The third-order valence-corrected chi connectivity index (χ3v) is 5.01. The molecule has 0 aromatic carbocycles. The van der Waals surface area contributed by atoms with E-state index < -0.39 is 6.10 Å². The van der Waals surface area contributed by atoms with E-state index in [4.69, 9.17) is 0 Å². The largest absolute Gasteiger partial charge is 0.380 e. The van der Waals surface area contributed by atoms with Crippen LogP contribution in [0.1, 0.15) is 48.4 Å². The molecule has 0 bridgehead atoms. The third-order valence-electron chi connectivity index (χ3n) is 5.01. The number of fused-ring (bicyclic) bond motifs is 1. The van der Waals surface area contributed by atoms with Crippen LogP contribution in [0.15, 0.2) is 24.4 Å². The van der Waals surface area contributed by atoms with Gasteiger partial charge in [-0.25, -0.2) is 0 Å². The molecular formula is C19H27N7O. The molecular weight excluding hydrogens is 342 g/mol. The van der Waals surface area contributed by atoms with Crippen molar-refractivity contribution in [1.82, 2.24) is 34.7 Å². The van der Waals surface area contributed by atoms with E-state index in [1.807, 2.05) is 23.9 Å². The second kappa shape index (κ2) is 7.28. The monoisotopic (exact) mass is 369 g/mol. The molecule has 3 aromatic heterocycles. The molecule has 1 aliphatic rings. The van der Waals surface area contributed by atoms with Crippen molar-refractivity contribution in [3.63, 3.8) is 0 Å². The Labute approximate surface area is 158 Å². The van der Waals surface area contributed by atoms with Crippen molar-refractivity contribution in [2.45, 2.75) is 46.0 Å². The first kappa shape index (κ1) is 17.9. The predicted molar refractivity (Wildman–Crippen MR) is 101 cm³/mol. The SMILES string of the molecule is CC(C)Cc1cc(CN2CCn3nc([C@@H](O)c4ccnn4C)cc3C2)[nH]n1. The van der Waals surface area contributed by atoms with Gasteiger partial charge in [-0.2, -0.15) is 15.3 Å². The molecule has 0 radical (unpaired) electrons. The van der Waals surface area contributed by atoms with Crippen LogP contribution in [0.3, 0.4) is 0 Å². The Bertz CT molecular complexity index is 907. The molecule has 0 aliphatic carbocycles. The average molecular weight is 369 g/mol. The standard InChI is InChI=1S/C19H27N7O/c1-13(2)8-14-9-15(22-21-14)11-25-6-7-26-16(12-25)10-17(23-26)19(27)18-4-5-20-24(18)3/h4-5,9-10,13,19,27H,6-8,11-12H2,1-3H3,(H,21,22)/t19-/m1/s1. The van der Waals surface area contributed by atoms with Crippen LogP contribution in [0.5, 0.6) is 0 Å². The molecule has 1 atom stereocenters. The van der Waals surface area contributed by atoms with E-state index in [0.717, 1.165) is 55.4 Å². The van der Waals surface area contributed by atoms with E-state index in [2.05, 4.69) is 45.2 Å². The molecule has 0 saturated carbocycles. The molecule has 8 heteroatoms. The number of aliphatic hydroxyl groups is 1. The third kappa shape index (κ3) is 3.81. The van der Waals surface area contributed by atoms with Crippen molar-refractivity contribution in [1.29, 1.82) is 0 Å². The van der Waals surface area contributed by atoms with Crippen molar-refractivity contribution < 1.29 is 5.11 Å². The Kier molecular flexibility index (Phi) is 4.84. The zero-order valence-corrected chi connectivity index (χ0v) is 16.1. The van der Waals surface area contributed by atoms with E-state index in [1.54, 1.807) is 10.9 Å². The second-order valence-electron chi connectivity index (χ2n) is 7.76. The molecule has 0 fully saturated rings. The Hall–Kier alpha value is -2.45. The number of nitrogens with zero attached hydrogens (tertiary/aromatic N) is 6. The summed E-state index contributed by atoms with van der Waals surface area (Å²) in [4.78, 5) is 2.38. The van der Waals surface area contributed by atoms with Crippen molar-refractivity contribution in [2.75, 3.05) is 6.54 Å². The molecule has 2 N–H and O–H groups in total. The molecule has 8 nitrogen and oxygen atoms in total. The van der Waals surface area contributed by atoms with E-state index >= 15 is 0 Å². The van der Waals surface area contributed by atoms with Gasteiger partial charge >= 0.3 is 0 Å². The van der Waals surface area contributed by atoms with Crippen molar-refractivity contribution >= 4 is 0 Å². The van der Waals surface area contributed by atoms with E-state index in [-0.39, 0.29) is 0 Å². The van der Waals surface area contributed by atoms with Crippen LogP contribution in [0.2, 0.25) is 0 Å². The summed E-state index contributed by atoms with van der Waals surface area (Å²) in [5.41, 5.74) is 4.82. The van der Waals surface area contributed by atoms with Gasteiger partial charge in [0.25, 0.3) is 0 Å². The fourth-order valence-electron chi connectivity index (χ4n) is 3.67. The lowest BCUT2D eigenvalue weighted by Crippen LogP contribution is -2.33. The number of nitrogens with one attached hydrogen (secondary N) is 1. The highest BCUT2D eigenvalue weighted by atomic mass is 16.3. The number of aromatic nitrogens is 6. The maximum Gasteiger partial charge on any atom is 0.139 e. The summed E-state index contributed by atoms with van der Waals surface area (Å²) in [5.74, 6) is 0.606. The van der Waals surface area contributed by atoms with Crippen LogP contribution in [-0.4, -0.2) is 46.3 Å². The Balaban J connectivity index is 1.43. The normalized spacial score (nSPS) is 16.0. The first-order valence-electron chi connectivity index (χ1n) is 9.47. The fourth-order valence-corrected chi connectivity index (χ4v) is 3.67. The summed E-state index contributed by atoms with van der Waals surface area (Å²) < 4.78 is 3.69. The highest BCUT2D eigenvalue weighted by molar-refractivity contribution is 5.22. The number of aryl methyl sites for hydroxylation is 1. The summed E-state index contributed by atoms with van der Waals surface area (Å²) in [5, 5.41) is 26.9. The van der Waals surface area contributed by atoms with E-state index in [0.29, 0.717) is 11.6 Å². The molecule has 144 valence electrons. The molecule has 4 heterocycles. The van der Waals surface area contributed by atoms with Gasteiger partial charge in [0.1, 0.15) is 6.10 Å². The maximum atomic E-state index is 10.6. The molecule has 0 saturated heterocycles. The molecule has 0 spiro atoms. The van der Waals surface area contributed by atoms with Crippen LogP contribution in [0.25, 0.3) is 0 Å². The summed E-state index contributed by atoms with van der Waals surface area (Å²) in [6, 6.07) is 5.99. The number of hydrogen-bond acceptors (Lipinski definition) is 5. The van der Waals surface area contributed by atoms with Gasteiger partial charge in [0, 0.05) is 38.6 Å². The molecule has 0 unspecified atom stereocenters. The molecule has 3 aromatic rings. The lowest BCUT2D eigenvalue weighted by atomic mass is 10.1. The molecule has 1 aliphatic heterocycles. The highest BCUT2D eigenvalue weighted by Gasteiger charge is 2.23. The summed E-state index contributed by atoms with van der Waals surface area (Å²) in [6.07, 6.45) is 1.93. The molecule has 0 amide bonds. The topological polar surface area (TPSA) is 87.8 Å². The maximum absolute atomic E-state index is 10.6. The Morgan fingerprint density at radius 1 is 1.26 bits per heavy atom. The first-order valence-corrected chi connectivity index (χ1v) is 9.47. The number of aliphatic hydroxyl groups excluding tert-OH is 1. The molecule has 27 heavy (non-hydrogen) atoms. The van der Waals surface area contributed by atoms with Gasteiger partial charge in [0.15, 0.2) is 0 Å². The van der Waals surface area contributed by atoms with Gasteiger partial charge in [-0.3, -0.25) is 19.4 Å². The van der Waals surface area contributed by atoms with Gasteiger partial charge < -0.3 is 5.11 Å². The summed E-state index contributed by atoms with van der Waals surface area (Å²) in [6.45, 7) is 7.81. The van der Waals surface area contributed by atoms with Crippen LogP contribution < -0.4 is 0 Å². The van der Waals surface area contributed by atoms with Gasteiger partial charge in [-0.05, 0) is 30.5 Å². The first-order chi connectivity index (χ1) is 13.0. The minimum absolute atomic E-state index is 0.606. The van der Waals surface area contributed by atoms with Crippen molar-refractivity contribution in [3.8, 4) is 0 Å². The quantitative estimate of drug-likeness (QED) is 0.690. The van der Waals surface area contributed by atoms with Crippen LogP contribution in [0.4, 0.5) is 0 Å². The van der Waals surface area contributed by atoms with Crippen LogP contribution >= 0.6 is 0 Å². The number of H-pyrrole nitrogens is 1. The average Bonchev–Trinajstić information content (AvgIpc) is 3.33. The van der Waals surface area contributed by atoms with Crippen LogP contribution in [0, 0.1) is 5.92 Å². The summed E-state index contributed by atoms with van der Waals surface area (Å²) in [7, 11) is 1.83. The minimum atomic E-state index is -0.754. The smallest absolute Gasteiger partial charge is 0.139 e. The van der Waals surface area contributed by atoms with Crippen LogP contribution in [-0.2, 0) is 33.1 Å². The number of rotatable bonds is 6. The van der Waals surface area contributed by atoms with Gasteiger partial charge in [-0.15, -0.1) is 0 Å². The Morgan fingerprint density at radius 2 is 2.11 bits per heavy atom. The zero-order chi connectivity index (χ0) is 19.0. The van der Waals surface area contributed by atoms with Crippen molar-refractivity contribution in [2.24, 2.45) is 13.0 Å². The fraction of sp³-hybridized carbons (Fsp3) is 0.526. The zero-order valence-electron chi connectivity index (χ0n) is 16.1. The summed E-state index contributed by atoms with van der Waals surface area (Å²) >= 11 is 0. The second-order valence-corrected chi connectivity index (χ2v) is 7.76. The lowest BCUT2D eigenvalue weighted by molar-refractivity contribution is 0.195. The Morgan fingerprint density at radius 3 is 2.85 bits per heavy atom. The van der Waals surface area contributed by atoms with Gasteiger partial charge in [0.2, 0.25) is 0 Å². The highest BCUT2D eigenvalue weighted by Crippen LogP contribution is 2.23. The number of hydrogen-bond donors (Lipinski definition) is 2.